The molecule has 0 bridgehead atoms. The molecule has 0 saturated carbocycles. The summed E-state index contributed by atoms with van der Waals surface area (Å²) in [5.74, 6) is 0.768. The molecule has 0 N–H and O–H groups in total. The minimum Gasteiger partial charge on any atom is -0.341 e. The first kappa shape index (κ1) is 16.3. The Balaban J connectivity index is 1.63. The van der Waals surface area contributed by atoms with Gasteiger partial charge in [0.25, 0.3) is 0 Å². The second kappa shape index (κ2) is 6.63. The lowest BCUT2D eigenvalue weighted by Crippen LogP contribution is -2.41. The SMILES string of the molecule is O=C([C@H]1CCCc2nn(Cc3ccc(Cl)nc3)c(=O)n21)N1CCCC1. The van der Waals surface area contributed by atoms with Gasteiger partial charge in [-0.1, -0.05) is 17.7 Å². The summed E-state index contributed by atoms with van der Waals surface area (Å²) >= 11 is 5.80. The molecule has 1 fully saturated rings. The predicted octanol–water partition coefficient (Wildman–Crippen LogP) is 1.64. The molecule has 1 saturated heterocycles. The molecule has 2 aromatic rings. The van der Waals surface area contributed by atoms with E-state index in [-0.39, 0.29) is 11.6 Å². The summed E-state index contributed by atoms with van der Waals surface area (Å²) in [6.45, 7) is 1.92. The third-order valence-electron chi connectivity index (χ3n) is 4.95. The molecule has 0 aliphatic carbocycles. The lowest BCUT2D eigenvalue weighted by Gasteiger charge is -2.27. The zero-order chi connectivity index (χ0) is 17.4. The number of aromatic nitrogens is 4. The van der Waals surface area contributed by atoms with Gasteiger partial charge in [-0.05, 0) is 37.3 Å². The molecule has 25 heavy (non-hydrogen) atoms. The van der Waals surface area contributed by atoms with Crippen molar-refractivity contribution in [3.8, 4) is 0 Å². The monoisotopic (exact) mass is 361 g/mol. The summed E-state index contributed by atoms with van der Waals surface area (Å²) < 4.78 is 3.03. The van der Waals surface area contributed by atoms with Gasteiger partial charge in [0.2, 0.25) is 5.91 Å². The highest BCUT2D eigenvalue weighted by Crippen LogP contribution is 2.25. The molecule has 8 heteroatoms. The summed E-state index contributed by atoms with van der Waals surface area (Å²) in [7, 11) is 0. The van der Waals surface area contributed by atoms with Gasteiger partial charge in [0.05, 0.1) is 6.54 Å². The Labute approximate surface area is 150 Å². The van der Waals surface area contributed by atoms with Crippen molar-refractivity contribution in [2.75, 3.05) is 13.1 Å². The largest absolute Gasteiger partial charge is 0.346 e. The number of pyridine rings is 1. The molecule has 132 valence electrons. The normalized spacial score (nSPS) is 19.9. The van der Waals surface area contributed by atoms with E-state index in [9.17, 15) is 9.59 Å². The van der Waals surface area contributed by atoms with Gasteiger partial charge in [0.1, 0.15) is 17.0 Å². The van der Waals surface area contributed by atoms with Crippen molar-refractivity contribution in [2.24, 2.45) is 0 Å². The van der Waals surface area contributed by atoms with Crippen LogP contribution in [0.1, 0.15) is 43.1 Å². The lowest BCUT2D eigenvalue weighted by atomic mass is 10.0. The number of amides is 1. The summed E-state index contributed by atoms with van der Waals surface area (Å²) in [4.78, 5) is 31.6. The minimum absolute atomic E-state index is 0.0632. The maximum atomic E-state index is 12.9. The highest BCUT2D eigenvalue weighted by Gasteiger charge is 2.34. The third kappa shape index (κ3) is 3.08. The van der Waals surface area contributed by atoms with Crippen molar-refractivity contribution >= 4 is 17.5 Å². The van der Waals surface area contributed by atoms with Crippen LogP contribution in [0.5, 0.6) is 0 Å². The summed E-state index contributed by atoms with van der Waals surface area (Å²) in [5, 5.41) is 4.88. The fourth-order valence-corrected chi connectivity index (χ4v) is 3.80. The van der Waals surface area contributed by atoms with Crippen molar-refractivity contribution in [2.45, 2.75) is 44.7 Å². The van der Waals surface area contributed by atoms with Crippen LogP contribution in [0, 0.1) is 0 Å². The van der Waals surface area contributed by atoms with E-state index in [1.807, 2.05) is 11.0 Å². The van der Waals surface area contributed by atoms with E-state index >= 15 is 0 Å². The Kier molecular flexibility index (Phi) is 4.33. The lowest BCUT2D eigenvalue weighted by molar-refractivity contribution is -0.134. The van der Waals surface area contributed by atoms with Crippen LogP contribution in [0.4, 0.5) is 0 Å². The second-order valence-electron chi connectivity index (χ2n) is 6.66. The Bertz CT molecular complexity index is 836. The number of halogens is 1. The van der Waals surface area contributed by atoms with Crippen LogP contribution >= 0.6 is 11.6 Å². The number of hydrogen-bond acceptors (Lipinski definition) is 4. The summed E-state index contributed by atoms with van der Waals surface area (Å²) in [6, 6.07) is 3.11. The van der Waals surface area contributed by atoms with E-state index < -0.39 is 6.04 Å². The number of carbonyl (C=O) groups excluding carboxylic acids is 1. The average molecular weight is 362 g/mol. The Hall–Kier alpha value is -2.15. The molecule has 1 amide bonds. The van der Waals surface area contributed by atoms with Gasteiger partial charge in [-0.15, -0.1) is 0 Å². The minimum atomic E-state index is -0.411. The smallest absolute Gasteiger partial charge is 0.341 e. The fraction of sp³-hybridized carbons (Fsp3) is 0.529. The Morgan fingerprint density at radius 3 is 2.76 bits per heavy atom. The van der Waals surface area contributed by atoms with Crippen LogP contribution in [0.3, 0.4) is 0 Å². The predicted molar refractivity (Wildman–Crippen MR) is 92.6 cm³/mol. The van der Waals surface area contributed by atoms with Gasteiger partial charge in [-0.3, -0.25) is 9.36 Å². The molecule has 1 atom stereocenters. The molecule has 7 nitrogen and oxygen atoms in total. The average Bonchev–Trinajstić information content (AvgIpc) is 3.25. The van der Waals surface area contributed by atoms with Gasteiger partial charge < -0.3 is 4.90 Å². The third-order valence-corrected chi connectivity index (χ3v) is 5.18. The van der Waals surface area contributed by atoms with Gasteiger partial charge in [-0.25, -0.2) is 14.5 Å². The van der Waals surface area contributed by atoms with E-state index in [0.717, 1.165) is 44.3 Å². The molecule has 0 aromatic carbocycles. The zero-order valence-corrected chi connectivity index (χ0v) is 14.7. The van der Waals surface area contributed by atoms with Crippen LogP contribution in [0.15, 0.2) is 23.1 Å². The standard InChI is InChI=1S/C17H20ClN5O2/c18-14-7-6-12(10-19-14)11-22-17(25)23-13(4-3-5-15(23)20-22)16(24)21-8-1-2-9-21/h6-7,10,13H,1-5,8-9,11H2/t13-/m1/s1. The molecule has 0 spiro atoms. The Morgan fingerprint density at radius 2 is 2.04 bits per heavy atom. The zero-order valence-electron chi connectivity index (χ0n) is 13.9. The molecular formula is C17H20ClN5O2. The van der Waals surface area contributed by atoms with Gasteiger partial charge in [0, 0.05) is 25.7 Å². The van der Waals surface area contributed by atoms with Gasteiger partial charge in [0.15, 0.2) is 0 Å². The van der Waals surface area contributed by atoms with Crippen LogP contribution in [-0.2, 0) is 17.8 Å². The summed E-state index contributed by atoms with van der Waals surface area (Å²) in [5.41, 5.74) is 0.631. The van der Waals surface area contributed by atoms with E-state index in [0.29, 0.717) is 23.9 Å². The molecule has 4 heterocycles. The van der Waals surface area contributed by atoms with E-state index in [4.69, 9.17) is 11.6 Å². The highest BCUT2D eigenvalue weighted by molar-refractivity contribution is 6.29. The van der Waals surface area contributed by atoms with Crippen molar-refractivity contribution in [3.05, 3.63) is 45.4 Å². The van der Waals surface area contributed by atoms with Crippen LogP contribution < -0.4 is 5.69 Å². The van der Waals surface area contributed by atoms with E-state index in [2.05, 4.69) is 10.1 Å². The molecule has 0 unspecified atom stereocenters. The van der Waals surface area contributed by atoms with Crippen LogP contribution in [0.2, 0.25) is 5.15 Å². The highest BCUT2D eigenvalue weighted by atomic mass is 35.5. The van der Waals surface area contributed by atoms with Crippen LogP contribution in [0.25, 0.3) is 0 Å². The first-order valence-electron chi connectivity index (χ1n) is 8.71. The number of carbonyl (C=O) groups is 1. The number of aryl methyl sites for hydroxylation is 1. The maximum Gasteiger partial charge on any atom is 0.346 e. The number of rotatable bonds is 3. The fourth-order valence-electron chi connectivity index (χ4n) is 3.69. The molecule has 4 rings (SSSR count). The number of likely N-dealkylation sites (tertiary alicyclic amines) is 1. The number of fused-ring (bicyclic) bond motifs is 1. The van der Waals surface area contributed by atoms with Crippen LogP contribution in [-0.4, -0.2) is 43.2 Å². The van der Waals surface area contributed by atoms with E-state index in [1.165, 1.54) is 4.68 Å². The molecule has 2 aliphatic rings. The quantitative estimate of drug-likeness (QED) is 0.779. The van der Waals surface area contributed by atoms with Gasteiger partial charge in [-0.2, -0.15) is 5.10 Å². The first-order valence-corrected chi connectivity index (χ1v) is 9.09. The second-order valence-corrected chi connectivity index (χ2v) is 7.04. The van der Waals surface area contributed by atoms with Gasteiger partial charge >= 0.3 is 5.69 Å². The van der Waals surface area contributed by atoms with Crippen molar-refractivity contribution in [1.29, 1.82) is 0 Å². The molecular weight excluding hydrogens is 342 g/mol. The van der Waals surface area contributed by atoms with Crippen molar-refractivity contribution < 1.29 is 4.79 Å². The number of nitrogens with zero attached hydrogens (tertiary/aromatic N) is 5. The molecule has 2 aliphatic heterocycles. The molecule has 2 aromatic heterocycles. The van der Waals surface area contributed by atoms with E-state index in [1.54, 1.807) is 16.8 Å². The maximum absolute atomic E-state index is 12.9. The topological polar surface area (TPSA) is 73.0 Å². The number of hydrogen-bond donors (Lipinski definition) is 0. The summed E-state index contributed by atoms with van der Waals surface area (Å²) in [6.07, 6.45) is 6.04. The van der Waals surface area contributed by atoms with Crippen molar-refractivity contribution in [3.63, 3.8) is 0 Å². The molecule has 0 radical (unpaired) electrons. The first-order chi connectivity index (χ1) is 12.1. The van der Waals surface area contributed by atoms with Crippen molar-refractivity contribution in [1.82, 2.24) is 24.2 Å². The Morgan fingerprint density at radius 1 is 1.24 bits per heavy atom.